The van der Waals surface area contributed by atoms with Gasteiger partial charge in [-0.25, -0.2) is 9.78 Å². The van der Waals surface area contributed by atoms with Crippen molar-refractivity contribution in [1.82, 2.24) is 4.98 Å². The first-order valence-electron chi connectivity index (χ1n) is 7.47. The number of benzene rings is 1. The fourth-order valence-electron chi connectivity index (χ4n) is 2.72. The van der Waals surface area contributed by atoms with Crippen LogP contribution in [0.2, 0.25) is 0 Å². The van der Waals surface area contributed by atoms with Crippen LogP contribution in [0.5, 0.6) is 11.5 Å². The number of ether oxygens (including phenoxy) is 2. The van der Waals surface area contributed by atoms with Gasteiger partial charge in [0.25, 0.3) is 0 Å². The van der Waals surface area contributed by atoms with E-state index in [9.17, 15) is 9.90 Å². The molecule has 0 saturated heterocycles. The summed E-state index contributed by atoms with van der Waals surface area (Å²) in [6.45, 7) is 6.43. The van der Waals surface area contributed by atoms with Crippen LogP contribution in [0.1, 0.15) is 40.3 Å². The van der Waals surface area contributed by atoms with Gasteiger partial charge in [0.05, 0.1) is 23.4 Å². The molecule has 6 heteroatoms. The molecule has 1 aliphatic heterocycles. The smallest absolute Gasteiger partial charge is 0.335 e. The molecular formula is C17H19NO4S. The third-order valence-corrected chi connectivity index (χ3v) is 4.83. The van der Waals surface area contributed by atoms with Crippen molar-refractivity contribution in [2.45, 2.75) is 39.2 Å². The van der Waals surface area contributed by atoms with Crippen molar-refractivity contribution < 1.29 is 19.4 Å². The van der Waals surface area contributed by atoms with Gasteiger partial charge in [-0.3, -0.25) is 0 Å². The number of thiazole rings is 1. The molecule has 0 saturated carbocycles. The summed E-state index contributed by atoms with van der Waals surface area (Å²) in [4.78, 5) is 16.7. The molecule has 3 rings (SSSR count). The number of aromatic carboxylic acids is 1. The molecule has 2 aromatic rings. The van der Waals surface area contributed by atoms with Crippen LogP contribution >= 0.6 is 11.3 Å². The molecule has 0 radical (unpaired) electrons. The molecule has 1 aliphatic rings. The predicted octanol–water partition coefficient (Wildman–Crippen LogP) is 3.48. The zero-order chi connectivity index (χ0) is 16.6. The molecule has 0 aliphatic carbocycles. The van der Waals surface area contributed by atoms with Crippen molar-refractivity contribution in [2.24, 2.45) is 0 Å². The maximum Gasteiger partial charge on any atom is 0.335 e. The van der Waals surface area contributed by atoms with Crippen molar-refractivity contribution in [3.8, 4) is 11.5 Å². The maximum atomic E-state index is 11.3. The molecular weight excluding hydrogens is 314 g/mol. The lowest BCUT2D eigenvalue weighted by atomic mass is 10.00. The molecule has 0 atom stereocenters. The fourth-order valence-corrected chi connectivity index (χ4v) is 3.48. The number of fused-ring (bicyclic) bond motifs is 1. The highest BCUT2D eigenvalue weighted by Gasteiger charge is 2.33. The normalized spacial score (nSPS) is 15.1. The van der Waals surface area contributed by atoms with E-state index >= 15 is 0 Å². The number of carboxylic acid groups (broad SMARTS) is 1. The summed E-state index contributed by atoms with van der Waals surface area (Å²) >= 11 is 1.61. The second-order valence-corrected chi connectivity index (χ2v) is 7.19. The molecule has 0 fully saturated rings. The topological polar surface area (TPSA) is 68.7 Å². The monoisotopic (exact) mass is 333 g/mol. The van der Waals surface area contributed by atoms with Crippen molar-refractivity contribution >= 4 is 17.3 Å². The van der Waals surface area contributed by atoms with Gasteiger partial charge in [0.1, 0.15) is 17.1 Å². The predicted molar refractivity (Wildman–Crippen MR) is 87.9 cm³/mol. The lowest BCUT2D eigenvalue weighted by molar-refractivity contribution is 0.0695. The van der Waals surface area contributed by atoms with Gasteiger partial charge in [-0.1, -0.05) is 0 Å². The minimum absolute atomic E-state index is 0.186. The summed E-state index contributed by atoms with van der Waals surface area (Å²) in [5.74, 6) is 0.232. The summed E-state index contributed by atoms with van der Waals surface area (Å²) < 4.78 is 11.7. The summed E-state index contributed by atoms with van der Waals surface area (Å²) in [6, 6.07) is 3.16. The molecule has 1 N–H and O–H groups in total. The van der Waals surface area contributed by atoms with E-state index in [0.29, 0.717) is 24.5 Å². The average Bonchev–Trinajstić information content (AvgIpc) is 3.00. The Morgan fingerprint density at radius 1 is 1.48 bits per heavy atom. The third-order valence-electron chi connectivity index (χ3n) is 3.84. The third kappa shape index (κ3) is 3.32. The zero-order valence-electron chi connectivity index (χ0n) is 13.4. The van der Waals surface area contributed by atoms with E-state index in [0.717, 1.165) is 17.7 Å². The van der Waals surface area contributed by atoms with Crippen LogP contribution in [0.15, 0.2) is 17.6 Å². The average molecular weight is 333 g/mol. The first-order valence-corrected chi connectivity index (χ1v) is 8.35. The maximum absolute atomic E-state index is 11.3. The lowest BCUT2D eigenvalue weighted by Gasteiger charge is -2.16. The second-order valence-electron chi connectivity index (χ2n) is 6.25. The number of aryl methyl sites for hydroxylation is 1. The van der Waals surface area contributed by atoms with Gasteiger partial charge in [0.2, 0.25) is 0 Å². The zero-order valence-corrected chi connectivity index (χ0v) is 14.2. The number of hydrogen-bond donors (Lipinski definition) is 1. The molecule has 0 unspecified atom stereocenters. The van der Waals surface area contributed by atoms with Gasteiger partial charge >= 0.3 is 5.97 Å². The van der Waals surface area contributed by atoms with Crippen molar-refractivity contribution in [2.75, 3.05) is 6.61 Å². The highest BCUT2D eigenvalue weighted by atomic mass is 32.1. The molecule has 2 heterocycles. The van der Waals surface area contributed by atoms with Crippen LogP contribution in [-0.4, -0.2) is 28.3 Å². The Labute approximate surface area is 138 Å². The van der Waals surface area contributed by atoms with Crippen LogP contribution in [0.25, 0.3) is 0 Å². The highest BCUT2D eigenvalue weighted by Crippen LogP contribution is 2.41. The van der Waals surface area contributed by atoms with Gasteiger partial charge in [0.15, 0.2) is 0 Å². The molecule has 1 aromatic heterocycles. The number of aromatic nitrogens is 1. The van der Waals surface area contributed by atoms with Crippen LogP contribution in [0.4, 0.5) is 0 Å². The van der Waals surface area contributed by atoms with E-state index in [1.807, 2.05) is 26.3 Å². The first-order chi connectivity index (χ1) is 10.9. The van der Waals surface area contributed by atoms with Crippen molar-refractivity contribution in [3.05, 3.63) is 39.3 Å². The Bertz CT molecular complexity index is 751. The summed E-state index contributed by atoms with van der Waals surface area (Å²) in [5, 5.41) is 9.26. The van der Waals surface area contributed by atoms with E-state index in [-0.39, 0.29) is 11.2 Å². The Hall–Kier alpha value is -2.08. The van der Waals surface area contributed by atoms with E-state index in [1.54, 1.807) is 23.5 Å². The number of nitrogens with zero attached hydrogens (tertiary/aromatic N) is 1. The van der Waals surface area contributed by atoms with Gasteiger partial charge in [-0.15, -0.1) is 11.3 Å². The molecule has 0 spiro atoms. The van der Waals surface area contributed by atoms with Crippen LogP contribution in [0.3, 0.4) is 0 Å². The second kappa shape index (κ2) is 5.85. The number of carbonyl (C=O) groups is 1. The quantitative estimate of drug-likeness (QED) is 0.907. The van der Waals surface area contributed by atoms with Gasteiger partial charge < -0.3 is 14.6 Å². The number of hydrogen-bond acceptors (Lipinski definition) is 5. The fraction of sp³-hybridized carbons (Fsp3) is 0.412. The van der Waals surface area contributed by atoms with Gasteiger partial charge in [-0.2, -0.15) is 0 Å². The minimum Gasteiger partial charge on any atom is -0.493 e. The van der Waals surface area contributed by atoms with E-state index < -0.39 is 5.97 Å². The molecule has 5 nitrogen and oxygen atoms in total. The van der Waals surface area contributed by atoms with Crippen LogP contribution in [0, 0.1) is 6.92 Å². The summed E-state index contributed by atoms with van der Waals surface area (Å²) in [5.41, 5.74) is 3.63. The highest BCUT2D eigenvalue weighted by molar-refractivity contribution is 7.09. The Morgan fingerprint density at radius 3 is 2.91 bits per heavy atom. The molecule has 0 bridgehead atoms. The van der Waals surface area contributed by atoms with Gasteiger partial charge in [0, 0.05) is 23.3 Å². The van der Waals surface area contributed by atoms with Crippen LogP contribution < -0.4 is 9.47 Å². The number of carboxylic acids is 1. The standard InChI is InChI=1S/C17H19NO4S/c1-10-15(23-9-18-10)4-5-21-13-6-11(16(19)20)7-14-12(13)8-17(2,3)22-14/h6-7,9H,4-5,8H2,1-3H3,(H,19,20). The SMILES string of the molecule is Cc1ncsc1CCOc1cc(C(=O)O)cc2c1CC(C)(C)O2. The minimum atomic E-state index is -0.982. The first kappa shape index (κ1) is 15.8. The summed E-state index contributed by atoms with van der Waals surface area (Å²) in [7, 11) is 0. The molecule has 0 amide bonds. The van der Waals surface area contributed by atoms with Crippen molar-refractivity contribution in [1.29, 1.82) is 0 Å². The largest absolute Gasteiger partial charge is 0.493 e. The van der Waals surface area contributed by atoms with Crippen molar-refractivity contribution in [3.63, 3.8) is 0 Å². The number of rotatable bonds is 5. The Balaban J connectivity index is 1.81. The molecule has 23 heavy (non-hydrogen) atoms. The van der Waals surface area contributed by atoms with Gasteiger partial charge in [-0.05, 0) is 32.9 Å². The van der Waals surface area contributed by atoms with E-state index in [1.165, 1.54) is 4.88 Å². The summed E-state index contributed by atoms with van der Waals surface area (Å²) in [6.07, 6.45) is 1.46. The van der Waals surface area contributed by atoms with E-state index in [2.05, 4.69) is 4.98 Å². The molecule has 122 valence electrons. The lowest BCUT2D eigenvalue weighted by Crippen LogP contribution is -2.24. The molecule has 1 aromatic carbocycles. The Kier molecular flexibility index (Phi) is 4.02. The van der Waals surface area contributed by atoms with Crippen LogP contribution in [-0.2, 0) is 12.8 Å². The Morgan fingerprint density at radius 2 is 2.26 bits per heavy atom. The van der Waals surface area contributed by atoms with E-state index in [4.69, 9.17) is 9.47 Å².